The molecule has 1 N–H and O–H groups in total. The van der Waals surface area contributed by atoms with E-state index in [2.05, 4.69) is 5.32 Å². The van der Waals surface area contributed by atoms with Crippen molar-refractivity contribution in [2.75, 3.05) is 19.8 Å². The first-order valence-corrected chi connectivity index (χ1v) is 8.99. The highest BCUT2D eigenvalue weighted by molar-refractivity contribution is 5.81. The lowest BCUT2D eigenvalue weighted by Gasteiger charge is -2.26. The van der Waals surface area contributed by atoms with Gasteiger partial charge in [-0.3, -0.25) is 14.2 Å². The highest BCUT2D eigenvalue weighted by Crippen LogP contribution is 2.30. The van der Waals surface area contributed by atoms with Crippen LogP contribution in [0.2, 0.25) is 0 Å². The Morgan fingerprint density at radius 2 is 1.86 bits per heavy atom. The van der Waals surface area contributed by atoms with Crippen LogP contribution in [0.1, 0.15) is 0 Å². The summed E-state index contributed by atoms with van der Waals surface area (Å²) < 4.78 is 22.5. The summed E-state index contributed by atoms with van der Waals surface area (Å²) >= 11 is 0. The van der Waals surface area contributed by atoms with Crippen molar-refractivity contribution >= 4 is 23.0 Å². The standard InChI is InChI=1S/C20H18N2O7/c23-18(21-9-13-11-26-16-7-3-4-8-17(16)28-13)12-27-19(24)10-22-14-5-1-2-6-15(14)29-20(22)25/h1-8,13H,9-12H2,(H,21,23). The molecule has 0 aliphatic carbocycles. The number of hydrogen-bond donors (Lipinski definition) is 1. The van der Waals surface area contributed by atoms with E-state index in [1.165, 1.54) is 0 Å². The monoisotopic (exact) mass is 398 g/mol. The van der Waals surface area contributed by atoms with Gasteiger partial charge in [0.05, 0.1) is 12.1 Å². The topological polar surface area (TPSA) is 109 Å². The molecule has 0 bridgehead atoms. The Morgan fingerprint density at radius 3 is 2.72 bits per heavy atom. The highest BCUT2D eigenvalue weighted by Gasteiger charge is 2.21. The second-order valence-corrected chi connectivity index (χ2v) is 6.38. The minimum absolute atomic E-state index is 0.205. The van der Waals surface area contributed by atoms with Gasteiger partial charge in [-0.15, -0.1) is 0 Å². The molecule has 1 aromatic heterocycles. The number of aromatic nitrogens is 1. The average Bonchev–Trinajstić information content (AvgIpc) is 3.05. The van der Waals surface area contributed by atoms with Gasteiger partial charge >= 0.3 is 11.7 Å². The number of para-hydroxylation sites is 4. The van der Waals surface area contributed by atoms with E-state index < -0.39 is 24.2 Å². The molecule has 1 atom stereocenters. The van der Waals surface area contributed by atoms with Crippen molar-refractivity contribution < 1.29 is 28.2 Å². The molecule has 29 heavy (non-hydrogen) atoms. The SMILES string of the molecule is O=C(COC(=O)Cn1c(=O)oc2ccccc21)NCC1COc2ccccc2O1. The molecule has 1 unspecified atom stereocenters. The van der Waals surface area contributed by atoms with Gasteiger partial charge in [-0.2, -0.15) is 0 Å². The van der Waals surface area contributed by atoms with Crippen molar-refractivity contribution in [3.8, 4) is 11.5 Å². The summed E-state index contributed by atoms with van der Waals surface area (Å²) in [6, 6.07) is 14.0. The van der Waals surface area contributed by atoms with Gasteiger partial charge in [0.15, 0.2) is 23.7 Å². The van der Waals surface area contributed by atoms with Crippen LogP contribution in [0.3, 0.4) is 0 Å². The summed E-state index contributed by atoms with van der Waals surface area (Å²) in [4.78, 5) is 35.8. The molecule has 0 fully saturated rings. The largest absolute Gasteiger partial charge is 0.486 e. The lowest BCUT2D eigenvalue weighted by Crippen LogP contribution is -2.42. The zero-order valence-corrected chi connectivity index (χ0v) is 15.3. The van der Waals surface area contributed by atoms with E-state index in [1.54, 1.807) is 36.4 Å². The molecule has 1 aliphatic rings. The number of carbonyl (C=O) groups is 2. The number of hydrogen-bond acceptors (Lipinski definition) is 7. The molecule has 9 nitrogen and oxygen atoms in total. The van der Waals surface area contributed by atoms with E-state index in [0.717, 1.165) is 4.57 Å². The van der Waals surface area contributed by atoms with Crippen molar-refractivity contribution in [3.63, 3.8) is 0 Å². The molecule has 9 heteroatoms. The van der Waals surface area contributed by atoms with Crippen LogP contribution in [0.15, 0.2) is 57.7 Å². The zero-order chi connectivity index (χ0) is 20.2. The normalized spacial score (nSPS) is 15.1. The molecule has 2 aromatic carbocycles. The molecule has 2 heterocycles. The number of nitrogens with one attached hydrogen (secondary N) is 1. The van der Waals surface area contributed by atoms with Gasteiger partial charge in [-0.05, 0) is 24.3 Å². The number of nitrogens with zero attached hydrogens (tertiary/aromatic N) is 1. The number of carbonyl (C=O) groups excluding carboxylic acids is 2. The van der Waals surface area contributed by atoms with Crippen LogP contribution >= 0.6 is 0 Å². The summed E-state index contributed by atoms with van der Waals surface area (Å²) in [6.45, 7) is -0.308. The van der Waals surface area contributed by atoms with Crippen LogP contribution in [-0.4, -0.2) is 42.3 Å². The fourth-order valence-corrected chi connectivity index (χ4v) is 2.93. The van der Waals surface area contributed by atoms with Crippen molar-refractivity contribution in [3.05, 3.63) is 59.1 Å². The second kappa shape index (κ2) is 8.09. The summed E-state index contributed by atoms with van der Waals surface area (Å²) in [7, 11) is 0. The Kier molecular flexibility index (Phi) is 5.19. The van der Waals surface area contributed by atoms with E-state index in [4.69, 9.17) is 18.6 Å². The quantitative estimate of drug-likeness (QED) is 0.619. The van der Waals surface area contributed by atoms with Gasteiger partial charge in [-0.25, -0.2) is 4.79 Å². The zero-order valence-electron chi connectivity index (χ0n) is 15.3. The van der Waals surface area contributed by atoms with Crippen LogP contribution in [0.4, 0.5) is 0 Å². The third kappa shape index (κ3) is 4.23. The van der Waals surface area contributed by atoms with Crippen LogP contribution in [0, 0.1) is 0 Å². The Labute approximate surface area is 164 Å². The fraction of sp³-hybridized carbons (Fsp3) is 0.250. The van der Waals surface area contributed by atoms with Crippen LogP contribution in [0.25, 0.3) is 11.1 Å². The maximum atomic E-state index is 12.0. The summed E-state index contributed by atoms with van der Waals surface area (Å²) in [5.74, 6) is -0.597. The molecule has 3 aromatic rings. The Morgan fingerprint density at radius 1 is 1.10 bits per heavy atom. The lowest BCUT2D eigenvalue weighted by atomic mass is 10.2. The number of oxazole rings is 1. The molecule has 0 radical (unpaired) electrons. The number of benzene rings is 2. The maximum absolute atomic E-state index is 12.0. The number of rotatable bonds is 6. The third-order valence-electron chi connectivity index (χ3n) is 4.32. The van der Waals surface area contributed by atoms with Crippen LogP contribution < -0.4 is 20.5 Å². The van der Waals surface area contributed by atoms with Crippen molar-refractivity contribution in [2.45, 2.75) is 12.6 Å². The number of esters is 1. The molecule has 4 rings (SSSR count). The molecule has 1 amide bonds. The first-order chi connectivity index (χ1) is 14.1. The van der Waals surface area contributed by atoms with Gasteiger partial charge < -0.3 is 23.9 Å². The van der Waals surface area contributed by atoms with E-state index in [-0.39, 0.29) is 19.2 Å². The van der Waals surface area contributed by atoms with Gasteiger partial charge in [0.25, 0.3) is 5.91 Å². The first kappa shape index (κ1) is 18.6. The number of amides is 1. The van der Waals surface area contributed by atoms with Crippen molar-refractivity contribution in [1.29, 1.82) is 0 Å². The van der Waals surface area contributed by atoms with Gasteiger partial charge in [0.2, 0.25) is 0 Å². The minimum atomic E-state index is -0.722. The second-order valence-electron chi connectivity index (χ2n) is 6.38. The predicted molar refractivity (Wildman–Crippen MR) is 101 cm³/mol. The van der Waals surface area contributed by atoms with Gasteiger partial charge in [0.1, 0.15) is 19.3 Å². The summed E-state index contributed by atoms with van der Waals surface area (Å²) in [5, 5.41) is 2.63. The molecule has 0 spiro atoms. The maximum Gasteiger partial charge on any atom is 0.420 e. The summed E-state index contributed by atoms with van der Waals surface area (Å²) in [5.41, 5.74) is 0.855. The molecular weight excluding hydrogens is 380 g/mol. The number of ether oxygens (including phenoxy) is 3. The first-order valence-electron chi connectivity index (χ1n) is 8.99. The van der Waals surface area contributed by atoms with Gasteiger partial charge in [-0.1, -0.05) is 24.3 Å². The fourth-order valence-electron chi connectivity index (χ4n) is 2.93. The highest BCUT2D eigenvalue weighted by atomic mass is 16.6. The Bertz CT molecular complexity index is 1100. The van der Waals surface area contributed by atoms with E-state index >= 15 is 0 Å². The molecular formula is C20H18N2O7. The third-order valence-corrected chi connectivity index (χ3v) is 4.32. The average molecular weight is 398 g/mol. The van der Waals surface area contributed by atoms with Crippen LogP contribution in [0.5, 0.6) is 11.5 Å². The molecule has 1 aliphatic heterocycles. The van der Waals surface area contributed by atoms with Crippen molar-refractivity contribution in [1.82, 2.24) is 9.88 Å². The number of fused-ring (bicyclic) bond motifs is 2. The Hall–Kier alpha value is -3.75. The molecule has 0 saturated heterocycles. The molecule has 0 saturated carbocycles. The minimum Gasteiger partial charge on any atom is -0.486 e. The van der Waals surface area contributed by atoms with Crippen molar-refractivity contribution in [2.24, 2.45) is 0 Å². The molecule has 150 valence electrons. The summed E-state index contributed by atoms with van der Waals surface area (Å²) in [6.07, 6.45) is -0.347. The lowest BCUT2D eigenvalue weighted by molar-refractivity contribution is -0.149. The van der Waals surface area contributed by atoms with Gasteiger partial charge in [0, 0.05) is 0 Å². The van der Waals surface area contributed by atoms with Crippen LogP contribution in [-0.2, 0) is 20.9 Å². The van der Waals surface area contributed by atoms with E-state index in [9.17, 15) is 14.4 Å². The van der Waals surface area contributed by atoms with E-state index in [0.29, 0.717) is 29.2 Å². The Balaban J connectivity index is 1.24. The smallest absolute Gasteiger partial charge is 0.420 e. The van der Waals surface area contributed by atoms with E-state index in [1.807, 2.05) is 12.1 Å². The predicted octanol–water partition coefficient (Wildman–Crippen LogP) is 1.09.